The lowest BCUT2D eigenvalue weighted by Gasteiger charge is -2.28. The molecule has 0 spiro atoms. The fraction of sp³-hybridized carbons (Fsp3) is 0.429. The molecule has 1 aliphatic heterocycles. The van der Waals surface area contributed by atoms with E-state index in [2.05, 4.69) is 10.1 Å². The second kappa shape index (κ2) is 7.54. The Bertz CT molecular complexity index is 613. The molecule has 0 aliphatic carbocycles. The fourth-order valence-corrected chi connectivity index (χ4v) is 2.21. The number of methoxy groups -OCH3 is 1. The number of hydrogen-bond acceptors (Lipinski definition) is 7. The molecular weight excluding hydrogens is 306 g/mol. The molecule has 23 heavy (non-hydrogen) atoms. The first-order valence-electron chi connectivity index (χ1n) is 6.99. The third-order valence-electron chi connectivity index (χ3n) is 3.41. The Morgan fingerprint density at radius 1 is 1.39 bits per heavy atom. The van der Waals surface area contributed by atoms with Gasteiger partial charge in [-0.1, -0.05) is 0 Å². The second-order valence-electron chi connectivity index (χ2n) is 4.82. The Morgan fingerprint density at radius 2 is 2.09 bits per heavy atom. The maximum absolute atomic E-state index is 12.0. The molecule has 0 aromatic heterocycles. The minimum atomic E-state index is -0.599. The number of hydrogen-bond donors (Lipinski definition) is 1. The number of ether oxygens (including phenoxy) is 2. The van der Waals surface area contributed by atoms with Crippen LogP contribution >= 0.6 is 0 Å². The summed E-state index contributed by atoms with van der Waals surface area (Å²) in [7, 11) is 1.20. The first-order valence-corrected chi connectivity index (χ1v) is 6.99. The van der Waals surface area contributed by atoms with E-state index in [1.54, 1.807) is 0 Å². The molecule has 0 unspecified atom stereocenters. The summed E-state index contributed by atoms with van der Waals surface area (Å²) in [4.78, 5) is 35.6. The lowest BCUT2D eigenvalue weighted by molar-refractivity contribution is -0.384. The summed E-state index contributed by atoms with van der Waals surface area (Å²) in [5, 5.41) is 13.6. The Labute approximate surface area is 132 Å². The van der Waals surface area contributed by atoms with Crippen LogP contribution in [0.25, 0.3) is 0 Å². The van der Waals surface area contributed by atoms with Crippen LogP contribution < -0.4 is 10.2 Å². The van der Waals surface area contributed by atoms with Crippen LogP contribution in [0.1, 0.15) is 10.4 Å². The molecule has 0 bridgehead atoms. The lowest BCUT2D eigenvalue weighted by atomic mass is 10.1. The van der Waals surface area contributed by atoms with Crippen molar-refractivity contribution in [3.63, 3.8) is 0 Å². The van der Waals surface area contributed by atoms with Gasteiger partial charge in [-0.2, -0.15) is 0 Å². The van der Waals surface area contributed by atoms with Crippen LogP contribution in [0.3, 0.4) is 0 Å². The number of carbonyl (C=O) groups excluding carboxylic acids is 2. The molecule has 0 atom stereocenters. The monoisotopic (exact) mass is 323 g/mol. The summed E-state index contributed by atoms with van der Waals surface area (Å²) >= 11 is 0. The van der Waals surface area contributed by atoms with Gasteiger partial charge in [-0.15, -0.1) is 0 Å². The second-order valence-corrected chi connectivity index (χ2v) is 4.82. The molecule has 2 rings (SSSR count). The molecule has 1 aromatic carbocycles. The van der Waals surface area contributed by atoms with Crippen LogP contribution in [-0.4, -0.2) is 56.8 Å². The van der Waals surface area contributed by atoms with E-state index in [1.807, 2.05) is 4.90 Å². The highest BCUT2D eigenvalue weighted by Crippen LogP contribution is 2.29. The van der Waals surface area contributed by atoms with Gasteiger partial charge in [0.2, 0.25) is 0 Å². The van der Waals surface area contributed by atoms with E-state index in [9.17, 15) is 19.7 Å². The number of benzene rings is 1. The number of rotatable bonds is 5. The van der Waals surface area contributed by atoms with E-state index in [-0.39, 0.29) is 17.8 Å². The third kappa shape index (κ3) is 4.16. The smallest absolute Gasteiger partial charge is 0.325 e. The van der Waals surface area contributed by atoms with Crippen LogP contribution in [0.4, 0.5) is 11.4 Å². The number of nitrogens with zero attached hydrogens (tertiary/aromatic N) is 2. The van der Waals surface area contributed by atoms with E-state index in [0.717, 1.165) is 0 Å². The standard InChI is InChI=1S/C14H17N3O6/c1-22-13(18)9-15-14(19)10-2-3-11(12(8-10)17(20)21)16-4-6-23-7-5-16/h2-3,8H,4-7,9H2,1H3,(H,15,19). The Morgan fingerprint density at radius 3 is 2.70 bits per heavy atom. The van der Waals surface area contributed by atoms with Gasteiger partial charge < -0.3 is 19.7 Å². The normalized spacial score (nSPS) is 14.2. The summed E-state index contributed by atoms with van der Waals surface area (Å²) in [6.07, 6.45) is 0. The van der Waals surface area contributed by atoms with Gasteiger partial charge in [0.15, 0.2) is 0 Å². The summed E-state index contributed by atoms with van der Waals surface area (Å²) < 4.78 is 9.65. The van der Waals surface area contributed by atoms with Gasteiger partial charge in [-0.25, -0.2) is 0 Å². The van der Waals surface area contributed by atoms with E-state index < -0.39 is 16.8 Å². The number of nitro benzene ring substituents is 1. The van der Waals surface area contributed by atoms with Gasteiger partial charge in [0.1, 0.15) is 12.2 Å². The number of anilines is 1. The largest absolute Gasteiger partial charge is 0.468 e. The number of nitro groups is 1. The van der Waals surface area contributed by atoms with Gasteiger partial charge in [0.25, 0.3) is 11.6 Å². The molecule has 1 N–H and O–H groups in total. The highest BCUT2D eigenvalue weighted by atomic mass is 16.6. The zero-order chi connectivity index (χ0) is 16.8. The summed E-state index contributed by atoms with van der Waals surface area (Å²) in [5.41, 5.74) is 0.401. The quantitative estimate of drug-likeness (QED) is 0.472. The first kappa shape index (κ1) is 16.7. The van der Waals surface area contributed by atoms with E-state index >= 15 is 0 Å². The van der Waals surface area contributed by atoms with Crippen LogP contribution in [0, 0.1) is 10.1 Å². The van der Waals surface area contributed by atoms with Gasteiger partial charge in [-0.05, 0) is 12.1 Å². The van der Waals surface area contributed by atoms with E-state index in [4.69, 9.17) is 4.74 Å². The molecular formula is C14H17N3O6. The van der Waals surface area contributed by atoms with E-state index in [0.29, 0.717) is 32.0 Å². The van der Waals surface area contributed by atoms with Gasteiger partial charge in [0.05, 0.1) is 25.2 Å². The van der Waals surface area contributed by atoms with Gasteiger partial charge in [0, 0.05) is 24.7 Å². The number of morpholine rings is 1. The van der Waals surface area contributed by atoms with Gasteiger partial charge in [-0.3, -0.25) is 19.7 Å². The van der Waals surface area contributed by atoms with Crippen molar-refractivity contribution in [1.82, 2.24) is 5.32 Å². The predicted molar refractivity (Wildman–Crippen MR) is 80.5 cm³/mol. The number of nitrogens with one attached hydrogen (secondary N) is 1. The average molecular weight is 323 g/mol. The van der Waals surface area contributed by atoms with Crippen molar-refractivity contribution in [2.24, 2.45) is 0 Å². The molecule has 1 amide bonds. The van der Waals surface area contributed by atoms with Crippen molar-refractivity contribution in [3.8, 4) is 0 Å². The Balaban J connectivity index is 2.19. The number of carbonyl (C=O) groups is 2. The zero-order valence-electron chi connectivity index (χ0n) is 12.6. The van der Waals surface area contributed by atoms with Crippen molar-refractivity contribution in [2.45, 2.75) is 0 Å². The fourth-order valence-electron chi connectivity index (χ4n) is 2.21. The lowest BCUT2D eigenvalue weighted by Crippen LogP contribution is -2.36. The molecule has 1 fully saturated rings. The molecule has 1 aliphatic rings. The van der Waals surface area contributed by atoms with Crippen molar-refractivity contribution < 1.29 is 24.0 Å². The predicted octanol–water partition coefficient (Wildman–Crippen LogP) is 0.334. The molecule has 124 valence electrons. The molecule has 9 heteroatoms. The van der Waals surface area contributed by atoms with Crippen LogP contribution in [0.15, 0.2) is 18.2 Å². The van der Waals surface area contributed by atoms with Gasteiger partial charge >= 0.3 is 5.97 Å². The topological polar surface area (TPSA) is 111 Å². The van der Waals surface area contributed by atoms with Crippen LogP contribution in [0.5, 0.6) is 0 Å². The van der Waals surface area contributed by atoms with Crippen molar-refractivity contribution in [3.05, 3.63) is 33.9 Å². The minimum absolute atomic E-state index is 0.109. The Hall–Kier alpha value is -2.68. The minimum Gasteiger partial charge on any atom is -0.468 e. The maximum Gasteiger partial charge on any atom is 0.325 e. The van der Waals surface area contributed by atoms with Crippen molar-refractivity contribution in [2.75, 3.05) is 44.9 Å². The van der Waals surface area contributed by atoms with Crippen molar-refractivity contribution >= 4 is 23.3 Å². The zero-order valence-corrected chi connectivity index (χ0v) is 12.6. The highest BCUT2D eigenvalue weighted by Gasteiger charge is 2.23. The summed E-state index contributed by atoms with van der Waals surface area (Å²) in [6, 6.07) is 4.23. The Kier molecular flexibility index (Phi) is 5.47. The SMILES string of the molecule is COC(=O)CNC(=O)c1ccc(N2CCOCC2)c([N+](=O)[O-])c1. The number of esters is 1. The van der Waals surface area contributed by atoms with E-state index in [1.165, 1.54) is 25.3 Å². The number of amides is 1. The third-order valence-corrected chi connectivity index (χ3v) is 3.41. The van der Waals surface area contributed by atoms with Crippen LogP contribution in [-0.2, 0) is 14.3 Å². The molecule has 1 saturated heterocycles. The molecule has 9 nitrogen and oxygen atoms in total. The summed E-state index contributed by atoms with van der Waals surface area (Å²) in [6.45, 7) is 1.80. The van der Waals surface area contributed by atoms with Crippen LogP contribution in [0.2, 0.25) is 0 Å². The molecule has 0 radical (unpaired) electrons. The highest BCUT2D eigenvalue weighted by molar-refractivity contribution is 5.97. The first-order chi connectivity index (χ1) is 11.0. The average Bonchev–Trinajstić information content (AvgIpc) is 2.59. The molecule has 1 aromatic rings. The molecule has 1 heterocycles. The molecule has 0 saturated carbocycles. The summed E-state index contributed by atoms with van der Waals surface area (Å²) in [5.74, 6) is -1.18. The maximum atomic E-state index is 12.0. The van der Waals surface area contributed by atoms with Crippen molar-refractivity contribution in [1.29, 1.82) is 0 Å².